The van der Waals surface area contributed by atoms with E-state index in [4.69, 9.17) is 0 Å². The zero-order valence-electron chi connectivity index (χ0n) is 17.2. The third kappa shape index (κ3) is 3.51. The van der Waals surface area contributed by atoms with Crippen molar-refractivity contribution < 1.29 is 9.59 Å². The minimum Gasteiger partial charge on any atom is -0.349 e. The number of nitrogens with one attached hydrogen (secondary N) is 1. The highest BCUT2D eigenvalue weighted by molar-refractivity contribution is 7.14. The van der Waals surface area contributed by atoms with Crippen molar-refractivity contribution in [3.8, 4) is 0 Å². The van der Waals surface area contributed by atoms with Gasteiger partial charge in [0, 0.05) is 30.9 Å². The molecule has 1 atom stereocenters. The van der Waals surface area contributed by atoms with Gasteiger partial charge in [0.1, 0.15) is 5.82 Å². The molecule has 2 aliphatic rings. The van der Waals surface area contributed by atoms with Gasteiger partial charge in [0.05, 0.1) is 22.5 Å². The van der Waals surface area contributed by atoms with Gasteiger partial charge in [-0.1, -0.05) is 12.1 Å². The summed E-state index contributed by atoms with van der Waals surface area (Å²) in [5, 5.41) is 3.08. The van der Waals surface area contributed by atoms with Crippen LogP contribution in [-0.4, -0.2) is 39.4 Å². The van der Waals surface area contributed by atoms with Crippen LogP contribution in [0.4, 0.5) is 0 Å². The van der Waals surface area contributed by atoms with E-state index in [0.29, 0.717) is 13.0 Å². The molecule has 7 heteroatoms. The molecule has 156 valence electrons. The fraction of sp³-hybridized carbons (Fsp3) is 0.435. The second-order valence-electron chi connectivity index (χ2n) is 8.29. The summed E-state index contributed by atoms with van der Waals surface area (Å²) in [4.78, 5) is 34.2. The molecule has 3 aromatic rings. The first kappa shape index (κ1) is 19.3. The Bertz CT molecular complexity index is 1110. The molecule has 0 spiro atoms. The van der Waals surface area contributed by atoms with Crippen LogP contribution in [0.2, 0.25) is 0 Å². The van der Waals surface area contributed by atoms with Crippen molar-refractivity contribution in [2.24, 2.45) is 13.0 Å². The summed E-state index contributed by atoms with van der Waals surface area (Å²) >= 11 is 1.62. The number of benzene rings is 1. The Labute approximate surface area is 179 Å². The summed E-state index contributed by atoms with van der Waals surface area (Å²) < 4.78 is 2.03. The minimum absolute atomic E-state index is 0.0449. The van der Waals surface area contributed by atoms with Crippen LogP contribution in [0.25, 0.3) is 11.0 Å². The highest BCUT2D eigenvalue weighted by atomic mass is 32.1. The number of likely N-dealkylation sites (tertiary alicyclic amines) is 1. The van der Waals surface area contributed by atoms with Crippen LogP contribution in [0.3, 0.4) is 0 Å². The largest absolute Gasteiger partial charge is 0.349 e. The van der Waals surface area contributed by atoms with Crippen LogP contribution >= 0.6 is 11.3 Å². The number of thiophene rings is 1. The Morgan fingerprint density at radius 1 is 1.23 bits per heavy atom. The first-order valence-corrected chi connectivity index (χ1v) is 11.5. The number of rotatable bonds is 4. The van der Waals surface area contributed by atoms with E-state index < -0.39 is 0 Å². The fourth-order valence-corrected chi connectivity index (χ4v) is 5.77. The highest BCUT2D eigenvalue weighted by Gasteiger charge is 2.29. The number of nitrogens with zero attached hydrogens (tertiary/aromatic N) is 3. The Kier molecular flexibility index (Phi) is 5.06. The molecule has 30 heavy (non-hydrogen) atoms. The van der Waals surface area contributed by atoms with Gasteiger partial charge in [-0.15, -0.1) is 11.3 Å². The van der Waals surface area contributed by atoms with Crippen molar-refractivity contribution in [3.05, 3.63) is 51.5 Å². The third-order valence-electron chi connectivity index (χ3n) is 6.36. The van der Waals surface area contributed by atoms with Crippen molar-refractivity contribution in [3.63, 3.8) is 0 Å². The van der Waals surface area contributed by atoms with Crippen molar-refractivity contribution in [2.75, 3.05) is 13.1 Å². The average molecular weight is 423 g/mol. The summed E-state index contributed by atoms with van der Waals surface area (Å²) in [5.74, 6) is 1.05. The maximum absolute atomic E-state index is 12.8. The zero-order chi connectivity index (χ0) is 20.7. The summed E-state index contributed by atoms with van der Waals surface area (Å²) in [7, 11) is 1.98. The topological polar surface area (TPSA) is 67.2 Å². The number of fused-ring (bicyclic) bond motifs is 2. The van der Waals surface area contributed by atoms with Crippen LogP contribution in [0.1, 0.15) is 45.2 Å². The quantitative estimate of drug-likeness (QED) is 0.702. The van der Waals surface area contributed by atoms with Gasteiger partial charge in [-0.3, -0.25) is 9.59 Å². The van der Waals surface area contributed by atoms with E-state index in [0.717, 1.165) is 60.5 Å². The molecule has 1 fully saturated rings. The molecule has 5 rings (SSSR count). The van der Waals surface area contributed by atoms with Crippen molar-refractivity contribution >= 4 is 34.2 Å². The second-order valence-corrected chi connectivity index (χ2v) is 9.43. The second kappa shape index (κ2) is 7.87. The first-order valence-electron chi connectivity index (χ1n) is 10.7. The van der Waals surface area contributed by atoms with E-state index in [2.05, 4.69) is 10.3 Å². The van der Waals surface area contributed by atoms with Gasteiger partial charge in [-0.05, 0) is 55.9 Å². The normalized spacial score (nSPS) is 18.6. The lowest BCUT2D eigenvalue weighted by Gasteiger charge is -2.21. The monoisotopic (exact) mass is 422 g/mol. The minimum atomic E-state index is -0.0449. The molecule has 3 heterocycles. The molecule has 0 bridgehead atoms. The Morgan fingerprint density at radius 2 is 2.03 bits per heavy atom. The van der Waals surface area contributed by atoms with Gasteiger partial charge >= 0.3 is 0 Å². The van der Waals surface area contributed by atoms with Gasteiger partial charge < -0.3 is 14.8 Å². The summed E-state index contributed by atoms with van der Waals surface area (Å²) in [6.07, 6.45) is 4.62. The van der Waals surface area contributed by atoms with Gasteiger partial charge in [0.2, 0.25) is 5.91 Å². The lowest BCUT2D eigenvalue weighted by Crippen LogP contribution is -2.34. The molecular weight excluding hydrogens is 396 g/mol. The summed E-state index contributed by atoms with van der Waals surface area (Å²) in [6, 6.07) is 10.0. The van der Waals surface area contributed by atoms with Crippen LogP contribution in [0, 0.1) is 5.92 Å². The number of aryl methyl sites for hydroxylation is 2. The standard InChI is InChI=1S/C23H26N4O2S/c1-26-18-7-3-2-6-17(18)25-21(26)14-24-22(28)15-8-9-19-16(12-15)13-20(30-19)23(29)27-10-4-5-11-27/h2-3,6-7,13,15H,4-5,8-12,14H2,1H3,(H,24,28)/t15-/m1/s1. The van der Waals surface area contributed by atoms with Crippen LogP contribution in [-0.2, 0) is 31.2 Å². The van der Waals surface area contributed by atoms with Crippen molar-refractivity contribution in [2.45, 2.75) is 38.6 Å². The van der Waals surface area contributed by atoms with Gasteiger partial charge in [-0.2, -0.15) is 0 Å². The molecule has 1 aliphatic heterocycles. The number of hydrogen-bond donors (Lipinski definition) is 1. The average Bonchev–Trinajstić information content (AvgIpc) is 3.50. The maximum Gasteiger partial charge on any atom is 0.263 e. The Morgan fingerprint density at radius 3 is 2.83 bits per heavy atom. The predicted molar refractivity (Wildman–Crippen MR) is 118 cm³/mol. The summed E-state index contributed by atoms with van der Waals surface area (Å²) in [5.41, 5.74) is 3.19. The molecule has 0 saturated carbocycles. The maximum atomic E-state index is 12.8. The van der Waals surface area contributed by atoms with E-state index >= 15 is 0 Å². The lowest BCUT2D eigenvalue weighted by molar-refractivity contribution is -0.125. The van der Waals surface area contributed by atoms with Gasteiger partial charge in [0.15, 0.2) is 0 Å². The summed E-state index contributed by atoms with van der Waals surface area (Å²) in [6.45, 7) is 2.17. The van der Waals surface area contributed by atoms with E-state index in [1.807, 2.05) is 46.8 Å². The molecule has 6 nitrogen and oxygen atoms in total. The number of hydrogen-bond acceptors (Lipinski definition) is 4. The van der Waals surface area contributed by atoms with Crippen molar-refractivity contribution in [1.29, 1.82) is 0 Å². The molecule has 1 N–H and O–H groups in total. The van der Waals surface area contributed by atoms with Crippen LogP contribution in [0.5, 0.6) is 0 Å². The fourth-order valence-electron chi connectivity index (χ4n) is 4.59. The SMILES string of the molecule is Cn1c(CNC(=O)[C@@H]2CCc3sc(C(=O)N4CCCC4)cc3C2)nc2ccccc21. The number of para-hydroxylation sites is 2. The molecule has 0 radical (unpaired) electrons. The number of carbonyl (C=O) groups excluding carboxylic acids is 2. The zero-order valence-corrected chi connectivity index (χ0v) is 18.0. The van der Waals surface area contributed by atoms with Crippen LogP contribution in [0.15, 0.2) is 30.3 Å². The van der Waals surface area contributed by atoms with Crippen molar-refractivity contribution in [1.82, 2.24) is 19.8 Å². The van der Waals surface area contributed by atoms with E-state index in [1.54, 1.807) is 11.3 Å². The molecule has 1 saturated heterocycles. The molecule has 1 aliphatic carbocycles. The predicted octanol–water partition coefficient (Wildman–Crippen LogP) is 3.29. The van der Waals surface area contributed by atoms with E-state index in [9.17, 15) is 9.59 Å². The van der Waals surface area contributed by atoms with E-state index in [-0.39, 0.29) is 17.7 Å². The number of aromatic nitrogens is 2. The number of imidazole rings is 1. The van der Waals surface area contributed by atoms with Crippen LogP contribution < -0.4 is 5.32 Å². The van der Waals surface area contributed by atoms with Gasteiger partial charge in [-0.25, -0.2) is 4.98 Å². The molecular formula is C23H26N4O2S. The smallest absolute Gasteiger partial charge is 0.263 e. The lowest BCUT2D eigenvalue weighted by atomic mass is 9.88. The molecule has 1 aromatic carbocycles. The number of amides is 2. The Balaban J connectivity index is 1.23. The number of carbonyl (C=O) groups is 2. The molecule has 0 unspecified atom stereocenters. The van der Waals surface area contributed by atoms with E-state index in [1.165, 1.54) is 10.4 Å². The first-order chi connectivity index (χ1) is 14.6. The molecule has 2 aromatic heterocycles. The third-order valence-corrected chi connectivity index (χ3v) is 7.58. The highest BCUT2D eigenvalue weighted by Crippen LogP contribution is 2.33. The van der Waals surface area contributed by atoms with Gasteiger partial charge in [0.25, 0.3) is 5.91 Å². The Hall–Kier alpha value is -2.67. The molecule has 2 amide bonds.